The van der Waals surface area contributed by atoms with Gasteiger partial charge in [0.25, 0.3) is 0 Å². The van der Waals surface area contributed by atoms with Crippen molar-refractivity contribution >= 4 is 23.0 Å². The molecule has 7 heteroatoms. The van der Waals surface area contributed by atoms with Crippen molar-refractivity contribution in [2.75, 3.05) is 11.9 Å². The second kappa shape index (κ2) is 6.17. The number of carboxylic acid groups (broad SMARTS) is 1. The van der Waals surface area contributed by atoms with Crippen LogP contribution in [0.25, 0.3) is 0 Å². The summed E-state index contributed by atoms with van der Waals surface area (Å²) >= 11 is 1.57. The molecule has 0 saturated heterocycles. The highest BCUT2D eigenvalue weighted by Crippen LogP contribution is 2.33. The molecule has 0 atom stereocenters. The van der Waals surface area contributed by atoms with Crippen LogP contribution in [-0.4, -0.2) is 17.6 Å². The van der Waals surface area contributed by atoms with Crippen molar-refractivity contribution in [3.63, 3.8) is 0 Å². The smallest absolute Gasteiger partial charge is 0.417 e. The number of anilines is 1. The zero-order chi connectivity index (χ0) is 15.5. The molecule has 0 amide bonds. The molecule has 0 bridgehead atoms. The van der Waals surface area contributed by atoms with Crippen LogP contribution >= 0.6 is 11.3 Å². The maximum atomic E-state index is 12.7. The molecule has 0 fully saturated rings. The second-order valence-corrected chi connectivity index (χ2v) is 5.15. The highest BCUT2D eigenvalue weighted by atomic mass is 32.1. The van der Waals surface area contributed by atoms with E-state index in [-0.39, 0.29) is 0 Å². The van der Waals surface area contributed by atoms with Gasteiger partial charge in [0.1, 0.15) is 0 Å². The number of alkyl halides is 3. The van der Waals surface area contributed by atoms with Crippen LogP contribution in [0.1, 0.15) is 21.5 Å². The van der Waals surface area contributed by atoms with Crippen LogP contribution in [0.5, 0.6) is 0 Å². The highest BCUT2D eigenvalue weighted by Gasteiger charge is 2.35. The zero-order valence-electron chi connectivity index (χ0n) is 10.8. The van der Waals surface area contributed by atoms with Gasteiger partial charge in [0, 0.05) is 12.2 Å². The minimum Gasteiger partial charge on any atom is -0.478 e. The molecule has 0 aliphatic rings. The summed E-state index contributed by atoms with van der Waals surface area (Å²) in [6.45, 7) is 0.515. The van der Waals surface area contributed by atoms with Gasteiger partial charge in [0.05, 0.1) is 11.1 Å². The van der Waals surface area contributed by atoms with Gasteiger partial charge in [-0.25, -0.2) is 4.79 Å². The number of carboxylic acids is 1. The molecule has 0 spiro atoms. The number of halogens is 3. The van der Waals surface area contributed by atoms with E-state index < -0.39 is 23.3 Å². The van der Waals surface area contributed by atoms with Crippen LogP contribution in [-0.2, 0) is 12.6 Å². The molecular weight excluding hydrogens is 303 g/mol. The van der Waals surface area contributed by atoms with Crippen LogP contribution in [0, 0.1) is 0 Å². The molecule has 1 heterocycles. The Hall–Kier alpha value is -2.02. The predicted octanol–water partition coefficient (Wildman–Crippen LogP) is 4.12. The Kier molecular flexibility index (Phi) is 4.52. The van der Waals surface area contributed by atoms with Crippen molar-refractivity contribution < 1.29 is 23.1 Å². The van der Waals surface area contributed by atoms with Crippen LogP contribution in [0.15, 0.2) is 35.0 Å². The summed E-state index contributed by atoms with van der Waals surface area (Å²) in [4.78, 5) is 11.0. The van der Waals surface area contributed by atoms with Gasteiger partial charge in [-0.2, -0.15) is 24.5 Å². The summed E-state index contributed by atoms with van der Waals surface area (Å²) in [5, 5.41) is 15.8. The summed E-state index contributed by atoms with van der Waals surface area (Å²) in [6, 6.07) is 5.00. The third kappa shape index (κ3) is 3.98. The van der Waals surface area contributed by atoms with Gasteiger partial charge in [0.2, 0.25) is 0 Å². The highest BCUT2D eigenvalue weighted by molar-refractivity contribution is 7.07. The molecule has 21 heavy (non-hydrogen) atoms. The SMILES string of the molecule is O=C(O)c1cc(NCCc2ccsc2)ccc1C(F)(F)F. The van der Waals surface area contributed by atoms with Crippen molar-refractivity contribution in [3.8, 4) is 0 Å². The standard InChI is InChI=1S/C14H12F3NO2S/c15-14(16,17)12-2-1-10(7-11(12)13(19)20)18-5-3-9-4-6-21-8-9/h1-2,4,6-8,18H,3,5H2,(H,19,20). The van der Waals surface area contributed by atoms with E-state index in [1.54, 1.807) is 11.3 Å². The van der Waals surface area contributed by atoms with Gasteiger partial charge < -0.3 is 10.4 Å². The fourth-order valence-corrected chi connectivity index (χ4v) is 2.57. The van der Waals surface area contributed by atoms with Crippen LogP contribution in [0.3, 0.4) is 0 Å². The molecule has 0 unspecified atom stereocenters. The number of benzene rings is 1. The average Bonchev–Trinajstić information content (AvgIpc) is 2.90. The molecule has 0 saturated carbocycles. The Bertz CT molecular complexity index is 624. The van der Waals surface area contributed by atoms with Gasteiger partial charge in [-0.05, 0) is 47.0 Å². The quantitative estimate of drug-likeness (QED) is 0.872. The van der Waals surface area contributed by atoms with Gasteiger partial charge in [-0.15, -0.1) is 0 Å². The van der Waals surface area contributed by atoms with E-state index in [0.29, 0.717) is 18.7 Å². The first-order valence-corrected chi connectivity index (χ1v) is 7.01. The lowest BCUT2D eigenvalue weighted by atomic mass is 10.1. The van der Waals surface area contributed by atoms with E-state index in [1.165, 1.54) is 6.07 Å². The van der Waals surface area contributed by atoms with Gasteiger partial charge >= 0.3 is 12.1 Å². The normalized spacial score (nSPS) is 11.4. The fraction of sp³-hybridized carbons (Fsp3) is 0.214. The minimum absolute atomic E-state index is 0.357. The Morgan fingerprint density at radius 2 is 2.05 bits per heavy atom. The first-order valence-electron chi connectivity index (χ1n) is 6.07. The monoisotopic (exact) mass is 315 g/mol. The lowest BCUT2D eigenvalue weighted by molar-refractivity contribution is -0.138. The molecule has 0 radical (unpaired) electrons. The number of nitrogens with one attached hydrogen (secondary N) is 1. The summed E-state index contributed by atoms with van der Waals surface area (Å²) in [5.74, 6) is -1.59. The zero-order valence-corrected chi connectivity index (χ0v) is 11.6. The molecule has 2 aromatic rings. The first kappa shape index (κ1) is 15.4. The summed E-state index contributed by atoms with van der Waals surface area (Å²) in [6.07, 6.45) is -3.96. The maximum Gasteiger partial charge on any atom is 0.417 e. The summed E-state index contributed by atoms with van der Waals surface area (Å²) in [7, 11) is 0. The Balaban J connectivity index is 2.11. The van der Waals surface area contributed by atoms with Crippen LogP contribution < -0.4 is 5.32 Å². The number of rotatable bonds is 5. The van der Waals surface area contributed by atoms with E-state index in [2.05, 4.69) is 5.32 Å². The third-order valence-corrected chi connectivity index (χ3v) is 3.61. The lowest BCUT2D eigenvalue weighted by Crippen LogP contribution is -2.14. The van der Waals surface area contributed by atoms with Crippen LogP contribution in [0.4, 0.5) is 18.9 Å². The number of thiophene rings is 1. The fourth-order valence-electron chi connectivity index (χ4n) is 1.86. The van der Waals surface area contributed by atoms with Crippen molar-refractivity contribution in [3.05, 3.63) is 51.7 Å². The summed E-state index contributed by atoms with van der Waals surface area (Å²) in [5.41, 5.74) is -0.407. The molecule has 112 valence electrons. The van der Waals surface area contributed by atoms with Gasteiger partial charge in [0.15, 0.2) is 0 Å². The van der Waals surface area contributed by atoms with Crippen LogP contribution in [0.2, 0.25) is 0 Å². The van der Waals surface area contributed by atoms with Crippen molar-refractivity contribution in [1.29, 1.82) is 0 Å². The maximum absolute atomic E-state index is 12.7. The van der Waals surface area contributed by atoms with E-state index in [1.807, 2.05) is 16.8 Å². The topological polar surface area (TPSA) is 49.3 Å². The summed E-state index contributed by atoms with van der Waals surface area (Å²) < 4.78 is 38.1. The Morgan fingerprint density at radius 3 is 2.62 bits per heavy atom. The minimum atomic E-state index is -4.68. The number of aromatic carboxylic acids is 1. The Morgan fingerprint density at radius 1 is 1.29 bits per heavy atom. The molecule has 2 N–H and O–H groups in total. The van der Waals surface area contributed by atoms with Crippen molar-refractivity contribution in [2.24, 2.45) is 0 Å². The molecule has 3 nitrogen and oxygen atoms in total. The molecule has 2 rings (SSSR count). The predicted molar refractivity (Wildman–Crippen MR) is 74.9 cm³/mol. The Labute approximate surface area is 123 Å². The second-order valence-electron chi connectivity index (χ2n) is 4.37. The third-order valence-electron chi connectivity index (χ3n) is 2.88. The molecule has 0 aliphatic carbocycles. The number of carbonyl (C=O) groups is 1. The van der Waals surface area contributed by atoms with Crippen molar-refractivity contribution in [2.45, 2.75) is 12.6 Å². The van der Waals surface area contributed by atoms with Gasteiger partial charge in [-0.3, -0.25) is 0 Å². The number of hydrogen-bond donors (Lipinski definition) is 2. The lowest BCUT2D eigenvalue weighted by Gasteiger charge is -2.12. The largest absolute Gasteiger partial charge is 0.478 e. The van der Waals surface area contributed by atoms with E-state index in [0.717, 1.165) is 17.7 Å². The first-order chi connectivity index (χ1) is 9.88. The van der Waals surface area contributed by atoms with Crippen molar-refractivity contribution in [1.82, 2.24) is 0 Å². The number of hydrogen-bond acceptors (Lipinski definition) is 3. The molecule has 1 aromatic heterocycles. The van der Waals surface area contributed by atoms with Gasteiger partial charge in [-0.1, -0.05) is 0 Å². The average molecular weight is 315 g/mol. The van der Waals surface area contributed by atoms with E-state index in [9.17, 15) is 18.0 Å². The molecule has 1 aromatic carbocycles. The van der Waals surface area contributed by atoms with E-state index in [4.69, 9.17) is 5.11 Å². The van der Waals surface area contributed by atoms with E-state index >= 15 is 0 Å². The molecule has 0 aliphatic heterocycles. The molecular formula is C14H12F3NO2S.